The zero-order valence-electron chi connectivity index (χ0n) is 14.8. The fraction of sp³-hybridized carbons (Fsp3) is 0.368. The molecule has 3 rings (SSSR count). The third kappa shape index (κ3) is 3.38. The highest BCUT2D eigenvalue weighted by molar-refractivity contribution is 5.83. The zero-order valence-corrected chi connectivity index (χ0v) is 14.8. The van der Waals surface area contributed by atoms with Gasteiger partial charge in [0.15, 0.2) is 0 Å². The molecular formula is C19H23N3O3. The van der Waals surface area contributed by atoms with Crippen LogP contribution >= 0.6 is 0 Å². The summed E-state index contributed by atoms with van der Waals surface area (Å²) < 4.78 is 6.24. The lowest BCUT2D eigenvalue weighted by Gasteiger charge is -2.13. The lowest BCUT2D eigenvalue weighted by Crippen LogP contribution is -2.43. The van der Waals surface area contributed by atoms with Gasteiger partial charge in [0.2, 0.25) is 0 Å². The van der Waals surface area contributed by atoms with Crippen LogP contribution in [0.3, 0.4) is 0 Å². The van der Waals surface area contributed by atoms with Gasteiger partial charge in [0.1, 0.15) is 5.69 Å². The molecule has 6 nitrogen and oxygen atoms in total. The Labute approximate surface area is 146 Å². The molecule has 0 saturated carbocycles. The molecule has 1 aromatic carbocycles. The Hall–Kier alpha value is -2.76. The molecule has 2 N–H and O–H groups in total. The summed E-state index contributed by atoms with van der Waals surface area (Å²) in [5, 5.41) is 13.8. The van der Waals surface area contributed by atoms with Crippen LogP contribution in [0.5, 0.6) is 5.88 Å². The first kappa shape index (κ1) is 17.1. The maximum absolute atomic E-state index is 12.7. The average Bonchev–Trinajstić information content (AvgIpc) is 2.98. The molecule has 0 amide bonds. The first-order valence-electron chi connectivity index (χ1n) is 8.56. The summed E-state index contributed by atoms with van der Waals surface area (Å²) in [5.41, 5.74) is 2.37. The Morgan fingerprint density at radius 1 is 1.28 bits per heavy atom. The molecule has 0 saturated heterocycles. The number of hydrogen-bond donors (Lipinski definition) is 2. The van der Waals surface area contributed by atoms with Gasteiger partial charge in [-0.25, -0.2) is 0 Å². The predicted molar refractivity (Wildman–Crippen MR) is 96.8 cm³/mol. The third-order valence-electron chi connectivity index (χ3n) is 4.14. The third-order valence-corrected chi connectivity index (χ3v) is 4.14. The number of nitrogens with zero attached hydrogens (tertiary/aromatic N) is 1. The largest absolute Gasteiger partial charge is 0.616 e. The number of hydrogen-bond acceptors (Lipinski definition) is 3. The van der Waals surface area contributed by atoms with Crippen molar-refractivity contribution < 1.29 is 9.47 Å². The molecule has 0 aliphatic carbocycles. The summed E-state index contributed by atoms with van der Waals surface area (Å²) in [5.74, 6) is 0.387. The molecule has 0 aliphatic heterocycles. The second kappa shape index (κ2) is 7.01. The van der Waals surface area contributed by atoms with Crippen LogP contribution in [0.4, 0.5) is 0 Å². The van der Waals surface area contributed by atoms with Crippen molar-refractivity contribution in [2.45, 2.75) is 33.6 Å². The van der Waals surface area contributed by atoms with Crippen LogP contribution in [-0.4, -0.2) is 16.6 Å². The van der Waals surface area contributed by atoms with E-state index in [0.717, 1.165) is 16.5 Å². The molecule has 0 bridgehead atoms. The van der Waals surface area contributed by atoms with E-state index < -0.39 is 0 Å². The predicted octanol–water partition coefficient (Wildman–Crippen LogP) is 2.68. The fourth-order valence-corrected chi connectivity index (χ4v) is 3.03. The number of fused-ring (bicyclic) bond motifs is 1. The van der Waals surface area contributed by atoms with E-state index in [1.165, 1.54) is 0 Å². The minimum Gasteiger partial charge on any atom is -0.616 e. The van der Waals surface area contributed by atoms with Crippen LogP contribution in [0, 0.1) is 11.1 Å². The number of para-hydroxylation sites is 1. The summed E-state index contributed by atoms with van der Waals surface area (Å²) in [6.07, 6.45) is 2.72. The first-order valence-corrected chi connectivity index (χ1v) is 8.56. The molecule has 0 fully saturated rings. The van der Waals surface area contributed by atoms with Gasteiger partial charge in [-0.15, -0.1) is 4.73 Å². The van der Waals surface area contributed by atoms with E-state index >= 15 is 0 Å². The van der Waals surface area contributed by atoms with Crippen molar-refractivity contribution in [3.05, 3.63) is 63.0 Å². The van der Waals surface area contributed by atoms with Gasteiger partial charge in [-0.2, -0.15) is 0 Å². The van der Waals surface area contributed by atoms with Crippen molar-refractivity contribution in [2.75, 3.05) is 6.61 Å². The number of H-pyrrole nitrogens is 2. The number of nitrogens with one attached hydrogen (secondary N) is 2. The Morgan fingerprint density at radius 2 is 2.04 bits per heavy atom. The number of aromatic amines is 2. The van der Waals surface area contributed by atoms with Crippen LogP contribution in [0.25, 0.3) is 10.9 Å². The average molecular weight is 341 g/mol. The highest BCUT2D eigenvalue weighted by atomic mass is 16.6. The number of aromatic nitrogens is 3. The van der Waals surface area contributed by atoms with Gasteiger partial charge in [0.25, 0.3) is 5.69 Å². The van der Waals surface area contributed by atoms with Crippen molar-refractivity contribution in [1.29, 1.82) is 0 Å². The highest BCUT2D eigenvalue weighted by Crippen LogP contribution is 2.22. The molecule has 2 heterocycles. The van der Waals surface area contributed by atoms with E-state index in [1.54, 1.807) is 0 Å². The van der Waals surface area contributed by atoms with E-state index in [4.69, 9.17) is 4.74 Å². The second-order valence-corrected chi connectivity index (χ2v) is 6.55. The Balaban J connectivity index is 2.07. The Kier molecular flexibility index (Phi) is 4.79. The van der Waals surface area contributed by atoms with Gasteiger partial charge < -0.3 is 19.9 Å². The molecule has 0 radical (unpaired) electrons. The normalized spacial score (nSPS) is 11.4. The smallest absolute Gasteiger partial charge is 0.400 e. The molecule has 0 atom stereocenters. The number of rotatable bonds is 6. The SMILES string of the molecule is CCOc1c(Cc2c[nH]c3ccccc23)[nH]c(=O)c(CC(C)C)[n+]1[O-]. The summed E-state index contributed by atoms with van der Waals surface area (Å²) in [6.45, 7) is 6.12. The summed E-state index contributed by atoms with van der Waals surface area (Å²) in [6, 6.07) is 7.93. The van der Waals surface area contributed by atoms with Crippen LogP contribution in [0.15, 0.2) is 35.3 Å². The van der Waals surface area contributed by atoms with E-state index in [9.17, 15) is 10.0 Å². The van der Waals surface area contributed by atoms with Crippen molar-refractivity contribution in [1.82, 2.24) is 9.97 Å². The molecule has 0 spiro atoms. The van der Waals surface area contributed by atoms with Gasteiger partial charge >= 0.3 is 11.4 Å². The maximum Gasteiger partial charge on any atom is 0.400 e. The van der Waals surface area contributed by atoms with Crippen LogP contribution in [-0.2, 0) is 12.8 Å². The van der Waals surface area contributed by atoms with E-state index in [2.05, 4.69) is 9.97 Å². The van der Waals surface area contributed by atoms with Crippen molar-refractivity contribution >= 4 is 10.9 Å². The molecule has 0 aliphatic rings. The second-order valence-electron chi connectivity index (χ2n) is 6.55. The quantitative estimate of drug-likeness (QED) is 0.534. The molecule has 6 heteroatoms. The van der Waals surface area contributed by atoms with Crippen molar-refractivity contribution in [2.24, 2.45) is 5.92 Å². The van der Waals surface area contributed by atoms with Gasteiger partial charge in [-0.05, 0) is 24.5 Å². The van der Waals surface area contributed by atoms with E-state index in [-0.39, 0.29) is 23.1 Å². The van der Waals surface area contributed by atoms with Crippen LogP contribution < -0.4 is 15.0 Å². The first-order chi connectivity index (χ1) is 12.0. The molecule has 3 aromatic rings. The molecule has 132 valence electrons. The Bertz CT molecular complexity index is 941. The van der Waals surface area contributed by atoms with Crippen molar-refractivity contribution in [3.8, 4) is 5.88 Å². The number of ether oxygens (including phenoxy) is 1. The van der Waals surface area contributed by atoms with Gasteiger partial charge in [0.05, 0.1) is 6.61 Å². The van der Waals surface area contributed by atoms with Crippen LogP contribution in [0.1, 0.15) is 37.7 Å². The monoisotopic (exact) mass is 341 g/mol. The molecular weight excluding hydrogens is 318 g/mol. The minimum atomic E-state index is -0.345. The maximum atomic E-state index is 12.7. The fourth-order valence-electron chi connectivity index (χ4n) is 3.03. The summed E-state index contributed by atoms with van der Waals surface area (Å²) in [4.78, 5) is 18.5. The van der Waals surface area contributed by atoms with E-state index in [0.29, 0.717) is 29.9 Å². The Morgan fingerprint density at radius 3 is 2.76 bits per heavy atom. The topological polar surface area (TPSA) is 84.8 Å². The standard InChI is InChI=1S/C19H23N3O3/c1-4-25-19-16(21-18(23)17(22(19)24)9-12(2)3)10-13-11-20-15-8-6-5-7-14(13)15/h5-8,11-12,20H,4,9-10H2,1-3H3,(H,21,23). The van der Waals surface area contributed by atoms with Gasteiger partial charge in [0, 0.05) is 29.9 Å². The summed E-state index contributed by atoms with van der Waals surface area (Å²) >= 11 is 0. The van der Waals surface area contributed by atoms with Gasteiger partial charge in [-0.3, -0.25) is 4.79 Å². The zero-order chi connectivity index (χ0) is 18.0. The van der Waals surface area contributed by atoms with E-state index in [1.807, 2.05) is 51.2 Å². The molecule has 25 heavy (non-hydrogen) atoms. The number of benzene rings is 1. The van der Waals surface area contributed by atoms with Gasteiger partial charge in [-0.1, -0.05) is 32.0 Å². The lowest BCUT2D eigenvalue weighted by molar-refractivity contribution is -0.623. The molecule has 0 unspecified atom stereocenters. The highest BCUT2D eigenvalue weighted by Gasteiger charge is 2.24. The van der Waals surface area contributed by atoms with Crippen molar-refractivity contribution in [3.63, 3.8) is 0 Å². The minimum absolute atomic E-state index is 0.183. The summed E-state index contributed by atoms with van der Waals surface area (Å²) in [7, 11) is 0. The lowest BCUT2D eigenvalue weighted by atomic mass is 10.1. The van der Waals surface area contributed by atoms with Crippen LogP contribution in [0.2, 0.25) is 0 Å². The molecule has 2 aromatic heterocycles.